The number of hydrogen-bond donors (Lipinski definition) is 1. The Morgan fingerprint density at radius 1 is 0.840 bits per heavy atom. The number of likely N-dealkylation sites (N-methyl/N-ethyl adjacent to an activating group) is 1. The Kier molecular flexibility index (Phi) is 5.60. The molecule has 0 fully saturated rings. The molecule has 3 heteroatoms. The van der Waals surface area contributed by atoms with Gasteiger partial charge in [0.1, 0.15) is 6.04 Å². The Hall–Kier alpha value is -2.91. The van der Waals surface area contributed by atoms with Crippen LogP contribution in [-0.2, 0) is 11.3 Å². The molecule has 3 rings (SSSR count). The summed E-state index contributed by atoms with van der Waals surface area (Å²) in [4.78, 5) is 15.1. The number of rotatable bonds is 6. The monoisotopic (exact) mass is 330 g/mol. The molecule has 0 aliphatic carbocycles. The SMILES string of the molecule is CN(Cc1ccccc1)C(C(=O)Nc1ccccc1)c1ccccc1. The second kappa shape index (κ2) is 8.27. The largest absolute Gasteiger partial charge is 0.324 e. The number of carbonyl (C=O) groups is 1. The van der Waals surface area contributed by atoms with E-state index < -0.39 is 0 Å². The smallest absolute Gasteiger partial charge is 0.246 e. The fourth-order valence-corrected chi connectivity index (χ4v) is 2.94. The van der Waals surface area contributed by atoms with Crippen LogP contribution in [-0.4, -0.2) is 17.9 Å². The van der Waals surface area contributed by atoms with Crippen LogP contribution in [0.25, 0.3) is 0 Å². The van der Waals surface area contributed by atoms with Crippen LogP contribution in [0.3, 0.4) is 0 Å². The summed E-state index contributed by atoms with van der Waals surface area (Å²) in [5.41, 5.74) is 2.97. The minimum atomic E-state index is -0.360. The van der Waals surface area contributed by atoms with Crippen molar-refractivity contribution in [1.29, 1.82) is 0 Å². The molecule has 1 N–H and O–H groups in total. The minimum absolute atomic E-state index is 0.0316. The maximum Gasteiger partial charge on any atom is 0.246 e. The van der Waals surface area contributed by atoms with Crippen molar-refractivity contribution in [3.8, 4) is 0 Å². The summed E-state index contributed by atoms with van der Waals surface area (Å²) in [6.45, 7) is 0.697. The Morgan fingerprint density at radius 2 is 1.36 bits per heavy atom. The number of hydrogen-bond acceptors (Lipinski definition) is 2. The lowest BCUT2D eigenvalue weighted by Gasteiger charge is -2.27. The van der Waals surface area contributed by atoms with E-state index in [9.17, 15) is 4.79 Å². The quantitative estimate of drug-likeness (QED) is 0.722. The van der Waals surface area contributed by atoms with Gasteiger partial charge in [-0.15, -0.1) is 0 Å². The second-order valence-electron chi connectivity index (χ2n) is 6.07. The third-order valence-electron chi connectivity index (χ3n) is 4.12. The normalized spacial score (nSPS) is 11.9. The molecular formula is C22H22N2O. The van der Waals surface area contributed by atoms with Crippen LogP contribution in [0.15, 0.2) is 91.0 Å². The summed E-state index contributed by atoms with van der Waals surface area (Å²) in [6, 6.07) is 29.3. The van der Waals surface area contributed by atoms with Gasteiger partial charge in [-0.2, -0.15) is 0 Å². The molecule has 1 atom stereocenters. The third-order valence-corrected chi connectivity index (χ3v) is 4.12. The van der Waals surface area contributed by atoms with E-state index in [2.05, 4.69) is 22.3 Å². The number of anilines is 1. The second-order valence-corrected chi connectivity index (χ2v) is 6.07. The molecule has 0 aliphatic heterocycles. The molecule has 0 spiro atoms. The van der Waals surface area contributed by atoms with E-state index in [1.165, 1.54) is 5.56 Å². The maximum atomic E-state index is 13.0. The van der Waals surface area contributed by atoms with Crippen molar-refractivity contribution in [2.24, 2.45) is 0 Å². The molecular weight excluding hydrogens is 308 g/mol. The first-order chi connectivity index (χ1) is 12.2. The van der Waals surface area contributed by atoms with Gasteiger partial charge in [-0.3, -0.25) is 9.69 Å². The molecule has 0 bridgehead atoms. The number of carbonyl (C=O) groups excluding carboxylic acids is 1. The molecule has 0 aliphatic rings. The highest BCUT2D eigenvalue weighted by Gasteiger charge is 2.25. The number of nitrogens with one attached hydrogen (secondary N) is 1. The molecule has 3 aromatic rings. The summed E-state index contributed by atoms with van der Waals surface area (Å²) in [6.07, 6.45) is 0. The molecule has 25 heavy (non-hydrogen) atoms. The van der Waals surface area contributed by atoms with Gasteiger partial charge >= 0.3 is 0 Å². The zero-order chi connectivity index (χ0) is 17.5. The molecule has 0 aromatic heterocycles. The first kappa shape index (κ1) is 16.9. The maximum absolute atomic E-state index is 13.0. The molecule has 0 radical (unpaired) electrons. The lowest BCUT2D eigenvalue weighted by atomic mass is 10.0. The summed E-state index contributed by atoms with van der Waals surface area (Å²) >= 11 is 0. The minimum Gasteiger partial charge on any atom is -0.324 e. The summed E-state index contributed by atoms with van der Waals surface area (Å²) in [5, 5.41) is 3.03. The standard InChI is InChI=1S/C22H22N2O/c1-24(17-18-11-5-2-6-12-18)21(19-13-7-3-8-14-19)22(25)23-20-15-9-4-10-16-20/h2-16,21H,17H2,1H3,(H,23,25). The summed E-state index contributed by atoms with van der Waals surface area (Å²) in [5.74, 6) is -0.0316. The van der Waals surface area contributed by atoms with Gasteiger partial charge in [0.25, 0.3) is 0 Å². The highest BCUT2D eigenvalue weighted by Crippen LogP contribution is 2.23. The van der Waals surface area contributed by atoms with Crippen molar-refractivity contribution >= 4 is 11.6 Å². The Labute approximate surface area is 148 Å². The molecule has 1 amide bonds. The zero-order valence-corrected chi connectivity index (χ0v) is 14.3. The van der Waals surface area contributed by atoms with Crippen molar-refractivity contribution < 1.29 is 4.79 Å². The fourth-order valence-electron chi connectivity index (χ4n) is 2.94. The third kappa shape index (κ3) is 4.55. The van der Waals surface area contributed by atoms with Crippen LogP contribution in [0, 0.1) is 0 Å². The van der Waals surface area contributed by atoms with E-state index in [4.69, 9.17) is 0 Å². The molecule has 0 saturated carbocycles. The van der Waals surface area contributed by atoms with Crippen LogP contribution in [0.2, 0.25) is 0 Å². The van der Waals surface area contributed by atoms with Gasteiger partial charge < -0.3 is 5.32 Å². The number of amides is 1. The molecule has 0 saturated heterocycles. The highest BCUT2D eigenvalue weighted by atomic mass is 16.2. The Bertz CT molecular complexity index is 788. The van der Waals surface area contributed by atoms with Gasteiger partial charge in [-0.05, 0) is 30.3 Å². The Morgan fingerprint density at radius 3 is 1.96 bits per heavy atom. The van der Waals surface area contributed by atoms with Crippen molar-refractivity contribution in [2.75, 3.05) is 12.4 Å². The van der Waals surface area contributed by atoms with Gasteiger partial charge in [-0.25, -0.2) is 0 Å². The van der Waals surface area contributed by atoms with E-state index >= 15 is 0 Å². The van der Waals surface area contributed by atoms with E-state index in [0.29, 0.717) is 6.54 Å². The highest BCUT2D eigenvalue weighted by molar-refractivity contribution is 5.95. The predicted octanol–water partition coefficient (Wildman–Crippen LogP) is 4.50. The summed E-state index contributed by atoms with van der Waals surface area (Å²) < 4.78 is 0. The van der Waals surface area contributed by atoms with Gasteiger partial charge in [0.2, 0.25) is 5.91 Å². The van der Waals surface area contributed by atoms with Gasteiger partial charge in [0.15, 0.2) is 0 Å². The average molecular weight is 330 g/mol. The van der Waals surface area contributed by atoms with Crippen molar-refractivity contribution in [3.63, 3.8) is 0 Å². The topological polar surface area (TPSA) is 32.3 Å². The van der Waals surface area contributed by atoms with Crippen molar-refractivity contribution in [1.82, 2.24) is 4.90 Å². The summed E-state index contributed by atoms with van der Waals surface area (Å²) in [7, 11) is 1.98. The molecule has 0 heterocycles. The van der Waals surface area contributed by atoms with Crippen molar-refractivity contribution in [3.05, 3.63) is 102 Å². The van der Waals surface area contributed by atoms with Crippen LogP contribution in [0.4, 0.5) is 5.69 Å². The van der Waals surface area contributed by atoms with E-state index in [-0.39, 0.29) is 11.9 Å². The number of nitrogens with zero attached hydrogens (tertiary/aromatic N) is 1. The Balaban J connectivity index is 1.83. The van der Waals surface area contributed by atoms with Gasteiger partial charge in [0.05, 0.1) is 0 Å². The molecule has 1 unspecified atom stereocenters. The average Bonchev–Trinajstić information content (AvgIpc) is 2.64. The zero-order valence-electron chi connectivity index (χ0n) is 14.3. The van der Waals surface area contributed by atoms with Crippen LogP contribution in [0.1, 0.15) is 17.2 Å². The van der Waals surface area contributed by atoms with Crippen molar-refractivity contribution in [2.45, 2.75) is 12.6 Å². The number of benzene rings is 3. The van der Waals surface area contributed by atoms with Crippen LogP contribution >= 0.6 is 0 Å². The van der Waals surface area contributed by atoms with Gasteiger partial charge in [-0.1, -0.05) is 78.9 Å². The predicted molar refractivity (Wildman–Crippen MR) is 102 cm³/mol. The van der Waals surface area contributed by atoms with Crippen LogP contribution in [0.5, 0.6) is 0 Å². The van der Waals surface area contributed by atoms with E-state index in [1.807, 2.05) is 85.9 Å². The lowest BCUT2D eigenvalue weighted by Crippen LogP contribution is -2.34. The van der Waals surface area contributed by atoms with E-state index in [1.54, 1.807) is 0 Å². The fraction of sp³-hybridized carbons (Fsp3) is 0.136. The molecule has 3 aromatic carbocycles. The van der Waals surface area contributed by atoms with Crippen LogP contribution < -0.4 is 5.32 Å². The number of para-hydroxylation sites is 1. The molecule has 3 nitrogen and oxygen atoms in total. The van der Waals surface area contributed by atoms with Gasteiger partial charge in [0, 0.05) is 12.2 Å². The first-order valence-corrected chi connectivity index (χ1v) is 8.39. The first-order valence-electron chi connectivity index (χ1n) is 8.39. The lowest BCUT2D eigenvalue weighted by molar-refractivity contribution is -0.121. The molecule has 126 valence electrons. The van der Waals surface area contributed by atoms with E-state index in [0.717, 1.165) is 11.3 Å².